The van der Waals surface area contributed by atoms with Crippen LogP contribution in [-0.2, 0) is 4.74 Å². The van der Waals surface area contributed by atoms with Gasteiger partial charge in [-0.2, -0.15) is 0 Å². The average molecular weight is 215 g/mol. The van der Waals surface area contributed by atoms with Gasteiger partial charge >= 0.3 is 0 Å². The number of hydrogen-bond donors (Lipinski definition) is 1. The predicted molar refractivity (Wildman–Crippen MR) is 67.3 cm³/mol. The van der Waals surface area contributed by atoms with Crippen LogP contribution in [0.4, 0.5) is 0 Å². The summed E-state index contributed by atoms with van der Waals surface area (Å²) in [5.74, 6) is 0. The molecular formula is C13H29NO. The SMILES string of the molecule is CC(C)(C)CCCNCCOC(C)(C)C. The van der Waals surface area contributed by atoms with Gasteiger partial charge in [-0.25, -0.2) is 0 Å². The van der Waals surface area contributed by atoms with Gasteiger partial charge in [0.25, 0.3) is 0 Å². The molecule has 0 aliphatic rings. The van der Waals surface area contributed by atoms with Crippen LogP contribution in [0.25, 0.3) is 0 Å². The normalized spacial score (nSPS) is 13.2. The molecule has 0 bridgehead atoms. The zero-order valence-corrected chi connectivity index (χ0v) is 11.4. The van der Waals surface area contributed by atoms with E-state index in [0.717, 1.165) is 19.7 Å². The average Bonchev–Trinajstić information content (AvgIpc) is 1.98. The van der Waals surface area contributed by atoms with Crippen LogP contribution >= 0.6 is 0 Å². The van der Waals surface area contributed by atoms with E-state index in [1.54, 1.807) is 0 Å². The van der Waals surface area contributed by atoms with Gasteiger partial charge in [-0.1, -0.05) is 20.8 Å². The highest BCUT2D eigenvalue weighted by molar-refractivity contribution is 4.62. The van der Waals surface area contributed by atoms with Gasteiger partial charge in [0.05, 0.1) is 12.2 Å². The van der Waals surface area contributed by atoms with Gasteiger partial charge in [-0.3, -0.25) is 0 Å². The fourth-order valence-corrected chi connectivity index (χ4v) is 1.30. The van der Waals surface area contributed by atoms with Crippen molar-refractivity contribution in [3.05, 3.63) is 0 Å². The van der Waals surface area contributed by atoms with E-state index >= 15 is 0 Å². The van der Waals surface area contributed by atoms with Crippen molar-refractivity contribution in [1.82, 2.24) is 5.32 Å². The lowest BCUT2D eigenvalue weighted by Crippen LogP contribution is -2.27. The molecule has 0 aromatic rings. The van der Waals surface area contributed by atoms with Crippen molar-refractivity contribution in [2.45, 2.75) is 60.0 Å². The zero-order valence-electron chi connectivity index (χ0n) is 11.4. The lowest BCUT2D eigenvalue weighted by Gasteiger charge is -2.20. The largest absolute Gasteiger partial charge is 0.375 e. The molecule has 1 N–H and O–H groups in total. The van der Waals surface area contributed by atoms with Crippen molar-refractivity contribution in [3.8, 4) is 0 Å². The topological polar surface area (TPSA) is 21.3 Å². The molecule has 0 saturated carbocycles. The van der Waals surface area contributed by atoms with Crippen LogP contribution in [0.15, 0.2) is 0 Å². The van der Waals surface area contributed by atoms with Gasteiger partial charge in [-0.15, -0.1) is 0 Å². The molecule has 92 valence electrons. The summed E-state index contributed by atoms with van der Waals surface area (Å²) < 4.78 is 5.61. The molecule has 0 aromatic carbocycles. The van der Waals surface area contributed by atoms with Gasteiger partial charge in [0.2, 0.25) is 0 Å². The molecule has 0 saturated heterocycles. The Hall–Kier alpha value is -0.0800. The summed E-state index contributed by atoms with van der Waals surface area (Å²) in [6.45, 7) is 16.0. The molecule has 0 fully saturated rings. The summed E-state index contributed by atoms with van der Waals surface area (Å²) in [6, 6.07) is 0. The minimum Gasteiger partial charge on any atom is -0.375 e. The molecule has 0 aliphatic heterocycles. The first-order valence-corrected chi connectivity index (χ1v) is 6.05. The summed E-state index contributed by atoms with van der Waals surface area (Å²) in [7, 11) is 0. The van der Waals surface area contributed by atoms with Crippen LogP contribution in [0, 0.1) is 5.41 Å². The maximum atomic E-state index is 5.61. The van der Waals surface area contributed by atoms with Gasteiger partial charge in [0.15, 0.2) is 0 Å². The Bertz CT molecular complexity index is 135. The molecule has 0 aromatic heterocycles. The Labute approximate surface area is 95.8 Å². The second-order valence-electron chi connectivity index (χ2n) is 6.38. The first-order chi connectivity index (χ1) is 6.71. The highest BCUT2D eigenvalue weighted by Crippen LogP contribution is 2.19. The lowest BCUT2D eigenvalue weighted by molar-refractivity contribution is -0.000784. The van der Waals surface area contributed by atoms with Gasteiger partial charge < -0.3 is 10.1 Å². The van der Waals surface area contributed by atoms with Crippen LogP contribution in [0.1, 0.15) is 54.4 Å². The highest BCUT2D eigenvalue weighted by atomic mass is 16.5. The van der Waals surface area contributed by atoms with E-state index in [-0.39, 0.29) is 5.60 Å². The quantitative estimate of drug-likeness (QED) is 0.687. The Morgan fingerprint density at radius 2 is 1.53 bits per heavy atom. The van der Waals surface area contributed by atoms with Crippen LogP contribution in [-0.4, -0.2) is 25.3 Å². The number of rotatable bonds is 6. The fraction of sp³-hybridized carbons (Fsp3) is 1.00. The Morgan fingerprint density at radius 1 is 0.933 bits per heavy atom. The molecule has 0 atom stereocenters. The Balaban J connectivity index is 3.20. The lowest BCUT2D eigenvalue weighted by atomic mass is 9.91. The minimum absolute atomic E-state index is 0.00686. The molecule has 0 aliphatic carbocycles. The maximum absolute atomic E-state index is 5.61. The summed E-state index contributed by atoms with van der Waals surface area (Å²) in [5.41, 5.74) is 0.455. The third-order valence-electron chi connectivity index (χ3n) is 2.09. The molecule has 0 spiro atoms. The number of hydrogen-bond acceptors (Lipinski definition) is 2. The Morgan fingerprint density at radius 3 is 2.00 bits per heavy atom. The van der Waals surface area contributed by atoms with Crippen molar-refractivity contribution in [2.24, 2.45) is 5.41 Å². The van der Waals surface area contributed by atoms with Crippen molar-refractivity contribution >= 4 is 0 Å². The fourth-order valence-electron chi connectivity index (χ4n) is 1.30. The molecular weight excluding hydrogens is 186 g/mol. The molecule has 0 radical (unpaired) electrons. The second kappa shape index (κ2) is 6.49. The molecule has 2 heteroatoms. The summed E-state index contributed by atoms with van der Waals surface area (Å²) in [5, 5.41) is 3.41. The van der Waals surface area contributed by atoms with E-state index < -0.39 is 0 Å². The standard InChI is InChI=1S/C13H29NO/c1-12(2,3)8-7-9-14-10-11-15-13(4,5)6/h14H,7-11H2,1-6H3. The van der Waals surface area contributed by atoms with Crippen LogP contribution in [0.3, 0.4) is 0 Å². The van der Waals surface area contributed by atoms with Crippen molar-refractivity contribution < 1.29 is 4.74 Å². The second-order valence-corrected chi connectivity index (χ2v) is 6.38. The molecule has 0 amide bonds. The molecule has 0 heterocycles. The monoisotopic (exact) mass is 215 g/mol. The van der Waals surface area contributed by atoms with E-state index in [2.05, 4.69) is 46.9 Å². The van der Waals surface area contributed by atoms with E-state index in [1.165, 1.54) is 12.8 Å². The predicted octanol–water partition coefficient (Wildman–Crippen LogP) is 3.22. The van der Waals surface area contributed by atoms with E-state index in [9.17, 15) is 0 Å². The van der Waals surface area contributed by atoms with Crippen LogP contribution in [0.2, 0.25) is 0 Å². The van der Waals surface area contributed by atoms with Crippen LogP contribution in [0.5, 0.6) is 0 Å². The molecule has 0 unspecified atom stereocenters. The van der Waals surface area contributed by atoms with E-state index in [4.69, 9.17) is 4.74 Å². The van der Waals surface area contributed by atoms with Gasteiger partial charge in [0, 0.05) is 6.54 Å². The summed E-state index contributed by atoms with van der Waals surface area (Å²) in [6.07, 6.45) is 2.53. The first kappa shape index (κ1) is 14.9. The molecule has 0 rings (SSSR count). The first-order valence-electron chi connectivity index (χ1n) is 6.05. The zero-order chi connectivity index (χ0) is 11.9. The van der Waals surface area contributed by atoms with E-state index in [0.29, 0.717) is 5.41 Å². The van der Waals surface area contributed by atoms with Crippen LogP contribution < -0.4 is 5.32 Å². The number of ether oxygens (including phenoxy) is 1. The highest BCUT2D eigenvalue weighted by Gasteiger charge is 2.10. The minimum atomic E-state index is -0.00686. The maximum Gasteiger partial charge on any atom is 0.0599 e. The van der Waals surface area contributed by atoms with E-state index in [1.807, 2.05) is 0 Å². The van der Waals surface area contributed by atoms with Gasteiger partial charge in [0.1, 0.15) is 0 Å². The Kier molecular flexibility index (Phi) is 6.46. The summed E-state index contributed by atoms with van der Waals surface area (Å²) >= 11 is 0. The molecule has 15 heavy (non-hydrogen) atoms. The van der Waals surface area contributed by atoms with Crippen molar-refractivity contribution in [1.29, 1.82) is 0 Å². The third-order valence-corrected chi connectivity index (χ3v) is 2.09. The van der Waals surface area contributed by atoms with Crippen molar-refractivity contribution in [3.63, 3.8) is 0 Å². The van der Waals surface area contributed by atoms with Gasteiger partial charge in [-0.05, 0) is 45.6 Å². The third kappa shape index (κ3) is 13.9. The summed E-state index contributed by atoms with van der Waals surface area (Å²) in [4.78, 5) is 0. The van der Waals surface area contributed by atoms with Crippen molar-refractivity contribution in [2.75, 3.05) is 19.7 Å². The molecule has 2 nitrogen and oxygen atoms in total. The smallest absolute Gasteiger partial charge is 0.0599 e. The number of nitrogens with one attached hydrogen (secondary N) is 1.